The number of hydrogen-bond donors (Lipinski definition) is 4. The van der Waals surface area contributed by atoms with Crippen molar-refractivity contribution >= 4 is 28.5 Å². The van der Waals surface area contributed by atoms with E-state index in [0.29, 0.717) is 21.2 Å². The fraction of sp³-hybridized carbons (Fsp3) is 0.0667. The highest BCUT2D eigenvalue weighted by molar-refractivity contribution is 7.11. The molecule has 0 spiro atoms. The predicted molar refractivity (Wildman–Crippen MR) is 85.9 cm³/mol. The molecule has 2 aromatic rings. The number of aliphatic hydroxyl groups excluding tert-OH is 2. The third-order valence-electron chi connectivity index (χ3n) is 3.37. The van der Waals surface area contributed by atoms with Crippen LogP contribution in [0.25, 0.3) is 5.57 Å². The number of aromatic hydroxyl groups is 1. The van der Waals surface area contributed by atoms with Crippen LogP contribution in [-0.4, -0.2) is 20.3 Å². The average Bonchev–Trinajstić information content (AvgIpc) is 2.93. The molecule has 0 aliphatic carbocycles. The molecule has 8 heteroatoms. The Balaban J connectivity index is 2.20. The molecule has 0 amide bonds. The van der Waals surface area contributed by atoms with Gasteiger partial charge in [-0.3, -0.25) is 5.32 Å². The van der Waals surface area contributed by atoms with Crippen molar-refractivity contribution in [2.75, 3.05) is 0 Å². The molecule has 3 rings (SSSR count). The minimum atomic E-state index is -0.732. The Kier molecular flexibility index (Phi) is 3.86. The lowest BCUT2D eigenvalue weighted by molar-refractivity contribution is 0.303. The zero-order valence-corrected chi connectivity index (χ0v) is 13.1. The summed E-state index contributed by atoms with van der Waals surface area (Å²) in [5.41, 5.74) is 0.983. The van der Waals surface area contributed by atoms with Gasteiger partial charge in [-0.05, 0) is 17.7 Å². The summed E-state index contributed by atoms with van der Waals surface area (Å²) < 4.78 is 0. The highest BCUT2D eigenvalue weighted by Crippen LogP contribution is 2.43. The topological polar surface area (TPSA) is 109 Å². The highest BCUT2D eigenvalue weighted by Gasteiger charge is 2.34. The minimum Gasteiger partial charge on any atom is -0.494 e. The number of nitrogens with zero attached hydrogens (tertiary/aromatic N) is 2. The molecular formula is C15H10ClN3O3S. The van der Waals surface area contributed by atoms with Crippen molar-refractivity contribution in [1.82, 2.24) is 10.3 Å². The van der Waals surface area contributed by atoms with Crippen LogP contribution in [-0.2, 0) is 0 Å². The van der Waals surface area contributed by atoms with Gasteiger partial charge in [0.05, 0.1) is 16.9 Å². The molecule has 1 unspecified atom stereocenters. The lowest BCUT2D eigenvalue weighted by Gasteiger charge is -2.25. The SMILES string of the molecule is N#CC1=C(O)NC(O)=C(c2nc(O)cs2)C1c1ccc(Cl)cc1. The molecule has 23 heavy (non-hydrogen) atoms. The first-order valence-corrected chi connectivity index (χ1v) is 7.70. The number of thiazole rings is 1. The van der Waals surface area contributed by atoms with Crippen LogP contribution < -0.4 is 5.32 Å². The molecule has 4 N–H and O–H groups in total. The third-order valence-corrected chi connectivity index (χ3v) is 4.49. The first-order chi connectivity index (χ1) is 11.0. The number of aromatic nitrogens is 1. The predicted octanol–water partition coefficient (Wildman–Crippen LogP) is 3.41. The molecule has 1 atom stereocenters. The van der Waals surface area contributed by atoms with Gasteiger partial charge in [0, 0.05) is 5.02 Å². The molecule has 0 fully saturated rings. The Labute approximate surface area is 140 Å². The van der Waals surface area contributed by atoms with Crippen LogP contribution in [0.5, 0.6) is 5.88 Å². The second kappa shape index (κ2) is 5.83. The van der Waals surface area contributed by atoms with Gasteiger partial charge in [-0.25, -0.2) is 4.98 Å². The molecule has 1 aromatic heterocycles. The molecular weight excluding hydrogens is 338 g/mol. The molecule has 1 aliphatic heterocycles. The number of halogens is 1. The van der Waals surface area contributed by atoms with Crippen molar-refractivity contribution in [1.29, 1.82) is 5.26 Å². The summed E-state index contributed by atoms with van der Waals surface area (Å²) in [4.78, 5) is 3.95. The first kappa shape index (κ1) is 15.2. The normalized spacial score (nSPS) is 17.8. The lowest BCUT2D eigenvalue weighted by Crippen LogP contribution is -2.25. The molecule has 0 bridgehead atoms. The van der Waals surface area contributed by atoms with E-state index in [9.17, 15) is 20.6 Å². The van der Waals surface area contributed by atoms with Gasteiger partial charge in [-0.1, -0.05) is 23.7 Å². The van der Waals surface area contributed by atoms with Gasteiger partial charge >= 0.3 is 0 Å². The van der Waals surface area contributed by atoms with E-state index in [1.54, 1.807) is 24.3 Å². The Morgan fingerprint density at radius 3 is 2.43 bits per heavy atom. The van der Waals surface area contributed by atoms with Gasteiger partial charge in [0.2, 0.25) is 11.8 Å². The van der Waals surface area contributed by atoms with E-state index in [-0.39, 0.29) is 17.3 Å². The largest absolute Gasteiger partial charge is 0.494 e. The first-order valence-electron chi connectivity index (χ1n) is 6.45. The number of dihydropyridines is 1. The van der Waals surface area contributed by atoms with E-state index >= 15 is 0 Å². The van der Waals surface area contributed by atoms with Crippen molar-refractivity contribution in [3.05, 3.63) is 62.6 Å². The van der Waals surface area contributed by atoms with Crippen LogP contribution in [0.3, 0.4) is 0 Å². The fourth-order valence-electron chi connectivity index (χ4n) is 2.38. The minimum absolute atomic E-state index is 0.0369. The van der Waals surface area contributed by atoms with Crippen molar-refractivity contribution < 1.29 is 15.3 Å². The van der Waals surface area contributed by atoms with E-state index in [4.69, 9.17) is 11.6 Å². The highest BCUT2D eigenvalue weighted by atomic mass is 35.5. The van der Waals surface area contributed by atoms with Gasteiger partial charge < -0.3 is 15.3 Å². The van der Waals surface area contributed by atoms with Crippen molar-refractivity contribution in [3.63, 3.8) is 0 Å². The second-order valence-corrected chi connectivity index (χ2v) is 6.05. The second-order valence-electron chi connectivity index (χ2n) is 4.76. The maximum atomic E-state index is 10.2. The zero-order chi connectivity index (χ0) is 16.6. The van der Waals surface area contributed by atoms with Crippen LogP contribution in [0.4, 0.5) is 0 Å². The molecule has 116 valence electrons. The van der Waals surface area contributed by atoms with Gasteiger partial charge in [0.25, 0.3) is 0 Å². The summed E-state index contributed by atoms with van der Waals surface area (Å²) >= 11 is 7.01. The molecule has 2 heterocycles. The quantitative estimate of drug-likeness (QED) is 0.662. The fourth-order valence-corrected chi connectivity index (χ4v) is 3.27. The van der Waals surface area contributed by atoms with Crippen LogP contribution in [0, 0.1) is 11.3 Å². The number of rotatable bonds is 2. The Morgan fingerprint density at radius 2 is 1.87 bits per heavy atom. The van der Waals surface area contributed by atoms with Crippen molar-refractivity contribution in [3.8, 4) is 11.9 Å². The molecule has 6 nitrogen and oxygen atoms in total. The third kappa shape index (κ3) is 2.70. The number of hydrogen-bond acceptors (Lipinski definition) is 7. The van der Waals surface area contributed by atoms with E-state index in [0.717, 1.165) is 11.3 Å². The summed E-state index contributed by atoms with van der Waals surface area (Å²) in [6.45, 7) is 0. The maximum absolute atomic E-state index is 10.2. The van der Waals surface area contributed by atoms with Gasteiger partial charge in [0.1, 0.15) is 16.6 Å². The maximum Gasteiger partial charge on any atom is 0.222 e. The lowest BCUT2D eigenvalue weighted by atomic mass is 9.83. The standard InChI is InChI=1S/C15H10ClN3O3S/c16-8-3-1-7(2-4-8)11-9(5-17)13(21)19-14(22)12(11)15-18-10(20)6-23-15/h1-4,6,11,19-22H. The molecule has 0 radical (unpaired) electrons. The number of aliphatic hydroxyl groups is 2. The molecule has 1 aromatic carbocycles. The average molecular weight is 348 g/mol. The number of benzene rings is 1. The smallest absolute Gasteiger partial charge is 0.222 e. The Hall–Kier alpha value is -2.69. The zero-order valence-electron chi connectivity index (χ0n) is 11.5. The summed E-state index contributed by atoms with van der Waals surface area (Å²) in [5.74, 6) is -1.66. The van der Waals surface area contributed by atoms with E-state index < -0.39 is 11.8 Å². The van der Waals surface area contributed by atoms with Crippen LogP contribution in [0.1, 0.15) is 16.5 Å². The van der Waals surface area contributed by atoms with Crippen LogP contribution >= 0.6 is 22.9 Å². The number of allylic oxidation sites excluding steroid dienone is 2. The van der Waals surface area contributed by atoms with E-state index in [1.807, 2.05) is 6.07 Å². The Bertz CT molecular complexity index is 865. The van der Waals surface area contributed by atoms with Crippen molar-refractivity contribution in [2.24, 2.45) is 0 Å². The van der Waals surface area contributed by atoms with Gasteiger partial charge in [-0.15, -0.1) is 11.3 Å². The monoisotopic (exact) mass is 347 g/mol. The van der Waals surface area contributed by atoms with Gasteiger partial charge in [-0.2, -0.15) is 5.26 Å². The number of nitrogens with one attached hydrogen (secondary N) is 1. The van der Waals surface area contributed by atoms with Gasteiger partial charge in [0.15, 0.2) is 5.88 Å². The summed E-state index contributed by atoms with van der Waals surface area (Å²) in [5, 5.41) is 43.7. The van der Waals surface area contributed by atoms with Crippen LogP contribution in [0.15, 0.2) is 47.0 Å². The van der Waals surface area contributed by atoms with E-state index in [1.165, 1.54) is 5.38 Å². The summed E-state index contributed by atoms with van der Waals surface area (Å²) in [6.07, 6.45) is 0. The number of nitriles is 1. The molecule has 1 aliphatic rings. The van der Waals surface area contributed by atoms with Crippen LogP contribution in [0.2, 0.25) is 5.02 Å². The van der Waals surface area contributed by atoms with E-state index in [2.05, 4.69) is 10.3 Å². The summed E-state index contributed by atoms with van der Waals surface area (Å²) in [6, 6.07) is 8.65. The molecule has 0 saturated heterocycles. The summed E-state index contributed by atoms with van der Waals surface area (Å²) in [7, 11) is 0. The van der Waals surface area contributed by atoms with Crippen molar-refractivity contribution in [2.45, 2.75) is 5.92 Å². The molecule has 0 saturated carbocycles. The Morgan fingerprint density at radius 1 is 1.17 bits per heavy atom.